The third-order valence-corrected chi connectivity index (χ3v) is 15.4. The summed E-state index contributed by atoms with van der Waals surface area (Å²) >= 11 is 6.43. The van der Waals surface area contributed by atoms with Crippen LogP contribution in [0.2, 0.25) is 0 Å². The van der Waals surface area contributed by atoms with Crippen LogP contribution in [0.15, 0.2) is 122 Å². The highest BCUT2D eigenvalue weighted by atomic mass is 32.1. The molecule has 7 aromatic rings. The van der Waals surface area contributed by atoms with E-state index in [2.05, 4.69) is 12.1 Å². The zero-order valence-corrected chi connectivity index (χ0v) is 34.0. The number of amides is 4. The van der Waals surface area contributed by atoms with E-state index in [0.717, 1.165) is 40.0 Å². The number of nitrogens with zero attached hydrogens (tertiary/aromatic N) is 4. The Labute approximate surface area is 341 Å². The Morgan fingerprint density at radius 2 is 0.789 bits per heavy atom. The van der Waals surface area contributed by atoms with Crippen LogP contribution in [-0.2, 0) is 19.2 Å². The minimum absolute atomic E-state index is 0.233. The first-order valence-electron chi connectivity index (χ1n) is 18.0. The van der Waals surface area contributed by atoms with Gasteiger partial charge < -0.3 is 24.0 Å². The molecule has 0 unspecified atom stereocenters. The maximum absolute atomic E-state index is 13.9. The van der Waals surface area contributed by atoms with Crippen molar-refractivity contribution >= 4 is 114 Å². The SMILES string of the molecule is CN1C(=O)C2=C(c3ccc(-c4cccs4)s3)N(C)C(=O)C2=C1c1ccc2c(c1)oc1cc(C3=C4C(=O)N(C)C(c5ccc(-c6cccs6)s5)=C4C(=O)N3C)ccc12. The van der Waals surface area contributed by atoms with Crippen molar-refractivity contribution in [2.24, 2.45) is 0 Å². The monoisotopic (exact) mass is 820 g/mol. The van der Waals surface area contributed by atoms with Gasteiger partial charge in [0.15, 0.2) is 0 Å². The molecule has 0 bridgehead atoms. The molecule has 57 heavy (non-hydrogen) atoms. The van der Waals surface area contributed by atoms with Crippen LogP contribution in [0.5, 0.6) is 0 Å². The highest BCUT2D eigenvalue weighted by Crippen LogP contribution is 2.50. The van der Waals surface area contributed by atoms with E-state index in [4.69, 9.17) is 4.42 Å². The third kappa shape index (κ3) is 4.71. The predicted octanol–water partition coefficient (Wildman–Crippen LogP) is 9.30. The van der Waals surface area contributed by atoms with Crippen LogP contribution < -0.4 is 0 Å². The summed E-state index contributed by atoms with van der Waals surface area (Å²) < 4.78 is 6.49. The molecule has 4 amide bonds. The summed E-state index contributed by atoms with van der Waals surface area (Å²) in [6.45, 7) is 0. The molecule has 9 nitrogen and oxygen atoms in total. The van der Waals surface area contributed by atoms with Gasteiger partial charge in [-0.3, -0.25) is 19.2 Å². The quantitative estimate of drug-likeness (QED) is 0.167. The highest BCUT2D eigenvalue weighted by Gasteiger charge is 2.48. The molecule has 4 aliphatic heterocycles. The second-order valence-electron chi connectivity index (χ2n) is 14.2. The average molecular weight is 821 g/mol. The van der Waals surface area contributed by atoms with Gasteiger partial charge in [-0.05, 0) is 71.4 Å². The van der Waals surface area contributed by atoms with E-state index in [0.29, 0.717) is 67.4 Å². The van der Waals surface area contributed by atoms with Crippen molar-refractivity contribution in [1.82, 2.24) is 19.6 Å². The van der Waals surface area contributed by atoms with Crippen LogP contribution in [0.1, 0.15) is 20.9 Å². The molecule has 0 aliphatic carbocycles. The smallest absolute Gasteiger partial charge is 0.261 e. The standard InChI is InChI=1S/C44H28N4O5S4/c1-45-37(33-35(43(45)51)39(47(3)41(33)49)31-15-13-29(56-31)27-7-5-17-54-27)21-9-11-23-24-12-10-22(20-26(24)53-25(23)19-21)38-34-36(44(52)46(38)2)40(48(4)42(34)50)32-16-14-30(57-32)28-8-6-18-55-28/h5-20H,1-4H3. The summed E-state index contributed by atoms with van der Waals surface area (Å²) in [5.41, 5.74) is 6.40. The molecule has 0 spiro atoms. The number of carbonyl (C=O) groups is 4. The maximum atomic E-state index is 13.9. The van der Waals surface area contributed by atoms with Gasteiger partial charge in [-0.25, -0.2) is 0 Å². The van der Waals surface area contributed by atoms with Crippen molar-refractivity contribution in [1.29, 1.82) is 0 Å². The van der Waals surface area contributed by atoms with Crippen molar-refractivity contribution in [3.63, 3.8) is 0 Å². The van der Waals surface area contributed by atoms with Crippen molar-refractivity contribution in [2.45, 2.75) is 0 Å². The number of rotatable bonds is 6. The fourth-order valence-corrected chi connectivity index (χ4v) is 12.3. The molecule has 0 saturated carbocycles. The average Bonchev–Trinajstić information content (AvgIpc) is 4.06. The normalized spacial score (nSPS) is 17.2. The lowest BCUT2D eigenvalue weighted by Gasteiger charge is -2.19. The van der Waals surface area contributed by atoms with E-state index in [1.807, 2.05) is 83.6 Å². The summed E-state index contributed by atoms with van der Waals surface area (Å²) in [5.74, 6) is -0.931. The van der Waals surface area contributed by atoms with Gasteiger partial charge in [0.1, 0.15) is 11.2 Å². The third-order valence-electron chi connectivity index (χ3n) is 11.1. The molecule has 0 saturated heterocycles. The Balaban J connectivity index is 0.995. The topological polar surface area (TPSA) is 94.4 Å². The van der Waals surface area contributed by atoms with E-state index < -0.39 is 0 Å². The Morgan fingerprint density at radius 3 is 1.18 bits per heavy atom. The predicted molar refractivity (Wildman–Crippen MR) is 228 cm³/mol. The van der Waals surface area contributed by atoms with Crippen LogP contribution in [0.4, 0.5) is 0 Å². The van der Waals surface area contributed by atoms with E-state index >= 15 is 0 Å². The molecule has 0 atom stereocenters. The minimum atomic E-state index is -0.233. The van der Waals surface area contributed by atoms with Gasteiger partial charge in [-0.2, -0.15) is 0 Å². The molecule has 4 aliphatic rings. The highest BCUT2D eigenvalue weighted by molar-refractivity contribution is 7.22. The van der Waals surface area contributed by atoms with Crippen LogP contribution in [0, 0.1) is 0 Å². The van der Waals surface area contributed by atoms with Gasteiger partial charge in [0.05, 0.1) is 54.8 Å². The zero-order chi connectivity index (χ0) is 39.0. The number of hydrogen-bond donors (Lipinski definition) is 0. The summed E-state index contributed by atoms with van der Waals surface area (Å²) in [5, 5.41) is 5.78. The first-order valence-corrected chi connectivity index (χ1v) is 21.3. The summed E-state index contributed by atoms with van der Waals surface area (Å²) in [6, 6.07) is 27.6. The molecule has 9 heterocycles. The number of fused-ring (bicyclic) bond motifs is 5. The summed E-state index contributed by atoms with van der Waals surface area (Å²) in [4.78, 5) is 68.2. The van der Waals surface area contributed by atoms with Crippen LogP contribution in [0.3, 0.4) is 0 Å². The molecule has 11 rings (SSSR count). The lowest BCUT2D eigenvalue weighted by molar-refractivity contribution is -0.123. The molecule has 0 fully saturated rings. The largest absolute Gasteiger partial charge is 0.456 e. The summed E-state index contributed by atoms with van der Waals surface area (Å²) in [6.07, 6.45) is 0. The van der Waals surface area contributed by atoms with Gasteiger partial charge in [-0.1, -0.05) is 24.3 Å². The second kappa shape index (κ2) is 12.2. The van der Waals surface area contributed by atoms with Gasteiger partial charge in [0.2, 0.25) is 0 Å². The number of hydrogen-bond acceptors (Lipinski definition) is 9. The second-order valence-corrected chi connectivity index (χ2v) is 18.2. The molecule has 5 aromatic heterocycles. The summed E-state index contributed by atoms with van der Waals surface area (Å²) in [7, 11) is 6.84. The first-order chi connectivity index (χ1) is 27.6. The number of carbonyl (C=O) groups excluding carboxylic acids is 4. The van der Waals surface area contributed by atoms with Crippen LogP contribution in [-0.4, -0.2) is 71.4 Å². The first kappa shape index (κ1) is 34.2. The van der Waals surface area contributed by atoms with Crippen molar-refractivity contribution in [3.8, 4) is 19.5 Å². The number of likely N-dealkylation sites (N-methyl/N-ethyl adjacent to an activating group) is 4. The van der Waals surface area contributed by atoms with E-state index in [-0.39, 0.29) is 23.6 Å². The molecule has 0 radical (unpaired) electrons. The molecular formula is C44H28N4O5S4. The van der Waals surface area contributed by atoms with E-state index in [1.54, 1.807) is 93.1 Å². The molecule has 278 valence electrons. The van der Waals surface area contributed by atoms with E-state index in [9.17, 15) is 19.2 Å². The van der Waals surface area contributed by atoms with Crippen molar-refractivity contribution < 1.29 is 23.6 Å². The van der Waals surface area contributed by atoms with E-state index in [1.165, 1.54) is 0 Å². The Kier molecular flexibility index (Phi) is 7.30. The fourth-order valence-electron chi connectivity index (χ4n) is 8.41. The maximum Gasteiger partial charge on any atom is 0.261 e. The van der Waals surface area contributed by atoms with Crippen LogP contribution in [0.25, 0.3) is 64.2 Å². The lowest BCUT2D eigenvalue weighted by Crippen LogP contribution is -2.25. The van der Waals surface area contributed by atoms with Crippen LogP contribution >= 0.6 is 45.3 Å². The molecule has 13 heteroatoms. The number of benzene rings is 2. The fraction of sp³-hybridized carbons (Fsp3) is 0.0909. The van der Waals surface area contributed by atoms with Gasteiger partial charge in [-0.15, -0.1) is 45.3 Å². The van der Waals surface area contributed by atoms with Gasteiger partial charge in [0, 0.05) is 69.6 Å². The number of furan rings is 1. The van der Waals surface area contributed by atoms with Crippen molar-refractivity contribution in [2.75, 3.05) is 28.2 Å². The number of thiophene rings is 4. The van der Waals surface area contributed by atoms with Crippen molar-refractivity contribution in [3.05, 3.63) is 139 Å². The minimum Gasteiger partial charge on any atom is -0.456 e. The lowest BCUT2D eigenvalue weighted by atomic mass is 10.0. The molecule has 2 aromatic carbocycles. The van der Waals surface area contributed by atoms with Gasteiger partial charge >= 0.3 is 0 Å². The molecular weight excluding hydrogens is 793 g/mol. The Hall–Kier alpha value is -6.12. The Bertz CT molecular complexity index is 2910. The molecule has 0 N–H and O–H groups in total. The zero-order valence-electron chi connectivity index (χ0n) is 30.7. The Morgan fingerprint density at radius 1 is 0.421 bits per heavy atom. The van der Waals surface area contributed by atoms with Gasteiger partial charge in [0.25, 0.3) is 23.6 Å².